The molecule has 0 N–H and O–H groups in total. The summed E-state index contributed by atoms with van der Waals surface area (Å²) in [6, 6.07) is 19.4. The highest BCUT2D eigenvalue weighted by atomic mass is 35.5. The number of benzene rings is 2. The number of hydrogen-bond donors (Lipinski definition) is 0. The molecule has 4 rings (SSSR count). The van der Waals surface area contributed by atoms with Gasteiger partial charge in [-0.25, -0.2) is 4.98 Å². The maximum absolute atomic E-state index is 13.2. The van der Waals surface area contributed by atoms with Gasteiger partial charge < -0.3 is 0 Å². The molecule has 0 aliphatic carbocycles. The van der Waals surface area contributed by atoms with Crippen LogP contribution in [0.15, 0.2) is 82.9 Å². The van der Waals surface area contributed by atoms with E-state index in [1.165, 1.54) is 4.57 Å². The van der Waals surface area contributed by atoms with Crippen LogP contribution < -0.4 is 5.56 Å². The molecule has 1 unspecified atom stereocenters. The monoisotopic (exact) mass is 395 g/mol. The van der Waals surface area contributed by atoms with E-state index in [2.05, 4.69) is 9.97 Å². The number of halogens is 1. The van der Waals surface area contributed by atoms with E-state index < -0.39 is 10.8 Å². The summed E-state index contributed by atoms with van der Waals surface area (Å²) >= 11 is 6.05. The quantitative estimate of drug-likeness (QED) is 0.494. The maximum Gasteiger partial charge on any atom is 0.266 e. The molecule has 0 bridgehead atoms. The lowest BCUT2D eigenvalue weighted by Gasteiger charge is -2.13. The zero-order valence-electron chi connectivity index (χ0n) is 14.1. The Balaban J connectivity index is 1.94. The average molecular weight is 396 g/mol. The number of para-hydroxylation sites is 1. The predicted molar refractivity (Wildman–Crippen MR) is 107 cm³/mol. The molecule has 2 heterocycles. The topological polar surface area (TPSA) is 64.8 Å². The second-order valence-corrected chi connectivity index (χ2v) is 7.62. The first-order chi connectivity index (χ1) is 13.1. The predicted octanol–water partition coefficient (Wildman–Crippen LogP) is 3.74. The smallest absolute Gasteiger partial charge is 0.266 e. The van der Waals surface area contributed by atoms with Crippen molar-refractivity contribution in [2.75, 3.05) is 0 Å². The molecule has 7 heteroatoms. The fourth-order valence-corrected chi connectivity index (χ4v) is 4.11. The van der Waals surface area contributed by atoms with Crippen LogP contribution in [0.4, 0.5) is 0 Å². The van der Waals surface area contributed by atoms with E-state index in [-0.39, 0.29) is 16.5 Å². The third-order valence-electron chi connectivity index (χ3n) is 4.02. The molecule has 0 amide bonds. The largest absolute Gasteiger partial charge is 0.268 e. The summed E-state index contributed by atoms with van der Waals surface area (Å²) in [7, 11) is -1.56. The van der Waals surface area contributed by atoms with Crippen molar-refractivity contribution in [1.82, 2.24) is 14.5 Å². The van der Waals surface area contributed by atoms with Crippen molar-refractivity contribution in [3.63, 3.8) is 0 Å². The van der Waals surface area contributed by atoms with Crippen molar-refractivity contribution >= 4 is 33.3 Å². The van der Waals surface area contributed by atoms with E-state index in [0.717, 1.165) is 0 Å². The Kier molecular flexibility index (Phi) is 4.83. The molecular formula is C20H14ClN3O2S. The summed E-state index contributed by atoms with van der Waals surface area (Å²) in [6.07, 6.45) is 1.65. The molecule has 0 aliphatic heterocycles. The molecule has 2 aromatic carbocycles. The molecule has 2 aromatic heterocycles. The lowest BCUT2D eigenvalue weighted by atomic mass is 10.2. The highest BCUT2D eigenvalue weighted by Gasteiger charge is 2.18. The van der Waals surface area contributed by atoms with Gasteiger partial charge in [0.15, 0.2) is 0 Å². The summed E-state index contributed by atoms with van der Waals surface area (Å²) < 4.78 is 14.5. The Morgan fingerprint density at radius 2 is 1.78 bits per heavy atom. The first-order valence-corrected chi connectivity index (χ1v) is 9.89. The molecule has 5 nitrogen and oxygen atoms in total. The summed E-state index contributed by atoms with van der Waals surface area (Å²) in [4.78, 5) is 21.9. The molecule has 0 fully saturated rings. The van der Waals surface area contributed by atoms with Crippen molar-refractivity contribution in [3.05, 3.63) is 94.0 Å². The molecular weight excluding hydrogens is 382 g/mol. The summed E-state index contributed by atoms with van der Waals surface area (Å²) in [5, 5.41) is 1.01. The zero-order chi connectivity index (χ0) is 18.8. The highest BCUT2D eigenvalue weighted by Crippen LogP contribution is 2.20. The van der Waals surface area contributed by atoms with E-state index in [9.17, 15) is 9.00 Å². The van der Waals surface area contributed by atoms with Gasteiger partial charge in [-0.1, -0.05) is 35.9 Å². The van der Waals surface area contributed by atoms with Crippen molar-refractivity contribution in [2.24, 2.45) is 0 Å². The average Bonchev–Trinajstić information content (AvgIpc) is 2.69. The summed E-state index contributed by atoms with van der Waals surface area (Å²) in [5.74, 6) is 0.166. The van der Waals surface area contributed by atoms with Crippen LogP contribution in [-0.4, -0.2) is 18.7 Å². The van der Waals surface area contributed by atoms with Gasteiger partial charge in [-0.3, -0.25) is 18.6 Å². The van der Waals surface area contributed by atoms with Crippen LogP contribution in [0.5, 0.6) is 0 Å². The van der Waals surface area contributed by atoms with Crippen LogP contribution in [-0.2, 0) is 16.6 Å². The third-order valence-corrected chi connectivity index (χ3v) is 5.50. The van der Waals surface area contributed by atoms with E-state index in [1.807, 2.05) is 24.3 Å². The first kappa shape index (κ1) is 17.6. The SMILES string of the molecule is O=c1c2cc(Cl)ccc2nc(S(=O)Cc2ccccn2)n1-c1ccccc1. The van der Waals surface area contributed by atoms with Crippen LogP contribution in [0.1, 0.15) is 5.69 Å². The molecule has 134 valence electrons. The van der Waals surface area contributed by atoms with Crippen molar-refractivity contribution in [3.8, 4) is 5.69 Å². The van der Waals surface area contributed by atoms with Gasteiger partial charge in [0.1, 0.15) is 0 Å². The molecule has 0 saturated heterocycles. The minimum absolute atomic E-state index is 0.166. The van der Waals surface area contributed by atoms with Crippen molar-refractivity contribution in [2.45, 2.75) is 10.9 Å². The molecule has 0 radical (unpaired) electrons. The van der Waals surface area contributed by atoms with Gasteiger partial charge in [-0.2, -0.15) is 0 Å². The van der Waals surface area contributed by atoms with E-state index in [1.54, 1.807) is 48.7 Å². The minimum Gasteiger partial charge on any atom is -0.268 e. The van der Waals surface area contributed by atoms with Crippen molar-refractivity contribution < 1.29 is 4.21 Å². The number of aromatic nitrogens is 3. The van der Waals surface area contributed by atoms with Crippen LogP contribution in [0.2, 0.25) is 5.02 Å². The molecule has 27 heavy (non-hydrogen) atoms. The molecule has 1 atom stereocenters. The normalized spacial score (nSPS) is 12.2. The standard InChI is InChI=1S/C20H14ClN3O2S/c21-14-9-10-18-17(12-14)19(25)24(16-7-2-1-3-8-16)20(23-18)27(26)13-15-6-4-5-11-22-15/h1-12H,13H2. The Morgan fingerprint density at radius 1 is 1.00 bits per heavy atom. The van der Waals surface area contributed by atoms with Gasteiger partial charge in [-0.05, 0) is 42.5 Å². The van der Waals surface area contributed by atoms with Crippen LogP contribution in [0.3, 0.4) is 0 Å². The molecule has 0 spiro atoms. The van der Waals surface area contributed by atoms with Gasteiger partial charge in [0.2, 0.25) is 5.16 Å². The lowest BCUT2D eigenvalue weighted by Crippen LogP contribution is -2.25. The molecule has 0 saturated carbocycles. The molecule has 4 aromatic rings. The third kappa shape index (κ3) is 3.54. The van der Waals surface area contributed by atoms with Crippen LogP contribution in [0.25, 0.3) is 16.6 Å². The number of rotatable bonds is 4. The number of pyridine rings is 1. The van der Waals surface area contributed by atoms with Crippen LogP contribution >= 0.6 is 11.6 Å². The number of hydrogen-bond acceptors (Lipinski definition) is 4. The van der Waals surface area contributed by atoms with Gasteiger partial charge in [0, 0.05) is 11.2 Å². The highest BCUT2D eigenvalue weighted by molar-refractivity contribution is 7.84. The Morgan fingerprint density at radius 3 is 2.52 bits per heavy atom. The summed E-state index contributed by atoms with van der Waals surface area (Å²) in [6.45, 7) is 0. The second-order valence-electron chi connectivity index (χ2n) is 5.84. The van der Waals surface area contributed by atoms with E-state index in [4.69, 9.17) is 11.6 Å². The minimum atomic E-state index is -1.56. The van der Waals surface area contributed by atoms with Gasteiger partial charge in [0.25, 0.3) is 5.56 Å². The Bertz CT molecular complexity index is 1190. The van der Waals surface area contributed by atoms with Crippen LogP contribution in [0, 0.1) is 0 Å². The van der Waals surface area contributed by atoms with Gasteiger partial charge >= 0.3 is 0 Å². The fraction of sp³-hybridized carbons (Fsp3) is 0.0500. The zero-order valence-corrected chi connectivity index (χ0v) is 15.7. The van der Waals surface area contributed by atoms with Gasteiger partial charge in [0.05, 0.1) is 38.8 Å². The Labute approximate surface area is 162 Å². The van der Waals surface area contributed by atoms with E-state index in [0.29, 0.717) is 27.3 Å². The Hall–Kier alpha value is -2.83. The number of fused-ring (bicyclic) bond motifs is 1. The maximum atomic E-state index is 13.2. The van der Waals surface area contributed by atoms with Gasteiger partial charge in [-0.15, -0.1) is 0 Å². The lowest BCUT2D eigenvalue weighted by molar-refractivity contribution is 0.666. The number of nitrogens with zero attached hydrogens (tertiary/aromatic N) is 3. The van der Waals surface area contributed by atoms with E-state index >= 15 is 0 Å². The second kappa shape index (κ2) is 7.42. The van der Waals surface area contributed by atoms with Crippen molar-refractivity contribution in [1.29, 1.82) is 0 Å². The fourth-order valence-electron chi connectivity index (χ4n) is 2.78. The summed E-state index contributed by atoms with van der Waals surface area (Å²) in [5.41, 5.74) is 1.42. The molecule has 0 aliphatic rings. The first-order valence-electron chi connectivity index (χ1n) is 8.19.